The van der Waals surface area contributed by atoms with Crippen LogP contribution in [0, 0.1) is 18.8 Å². The minimum Gasteiger partial charge on any atom is -0.507 e. The second-order valence-electron chi connectivity index (χ2n) is 10.5. The van der Waals surface area contributed by atoms with Crippen LogP contribution in [0.1, 0.15) is 50.4 Å². The SMILES string of the molecule is Cc1ccc(N2C(=O)C(=O)/C(=C(\O)c3cccc(OCC(C)C)c3)C2c2ccc(OCC(C)C)cc2)cc1. The summed E-state index contributed by atoms with van der Waals surface area (Å²) >= 11 is 0. The number of aryl methyl sites for hydroxylation is 1. The van der Waals surface area contributed by atoms with Crippen molar-refractivity contribution in [3.05, 3.63) is 95.1 Å². The molecule has 3 aromatic carbocycles. The molecule has 1 aliphatic rings. The van der Waals surface area contributed by atoms with Crippen molar-refractivity contribution in [2.45, 2.75) is 40.7 Å². The molecule has 198 valence electrons. The van der Waals surface area contributed by atoms with Crippen LogP contribution in [0.15, 0.2) is 78.4 Å². The molecule has 1 heterocycles. The van der Waals surface area contributed by atoms with E-state index in [1.165, 1.54) is 4.90 Å². The second kappa shape index (κ2) is 11.5. The summed E-state index contributed by atoms with van der Waals surface area (Å²) in [5.41, 5.74) is 2.75. The van der Waals surface area contributed by atoms with Crippen molar-refractivity contribution in [3.8, 4) is 11.5 Å². The minimum absolute atomic E-state index is 0.0347. The molecular weight excluding hydrogens is 478 g/mol. The lowest BCUT2D eigenvalue weighted by Gasteiger charge is -2.26. The summed E-state index contributed by atoms with van der Waals surface area (Å²) in [5.74, 6) is 0.333. The first-order chi connectivity index (χ1) is 18.2. The number of Topliss-reactive ketones (excluding diaryl/α,β-unsaturated/α-hetero) is 1. The van der Waals surface area contributed by atoms with Gasteiger partial charge < -0.3 is 14.6 Å². The fourth-order valence-electron chi connectivity index (χ4n) is 4.28. The Labute approximate surface area is 224 Å². The Balaban J connectivity index is 1.80. The molecule has 0 bridgehead atoms. The maximum absolute atomic E-state index is 13.4. The van der Waals surface area contributed by atoms with E-state index in [0.29, 0.717) is 53.4 Å². The van der Waals surface area contributed by atoms with Gasteiger partial charge in [0.25, 0.3) is 11.7 Å². The zero-order chi connectivity index (χ0) is 27.4. The van der Waals surface area contributed by atoms with Gasteiger partial charge in [0.2, 0.25) is 0 Å². The zero-order valence-electron chi connectivity index (χ0n) is 22.6. The van der Waals surface area contributed by atoms with Gasteiger partial charge in [-0.25, -0.2) is 0 Å². The highest BCUT2D eigenvalue weighted by Crippen LogP contribution is 2.42. The lowest BCUT2D eigenvalue weighted by atomic mass is 9.95. The van der Waals surface area contributed by atoms with E-state index in [9.17, 15) is 14.7 Å². The topological polar surface area (TPSA) is 76.1 Å². The average Bonchev–Trinajstić information content (AvgIpc) is 3.17. The van der Waals surface area contributed by atoms with Gasteiger partial charge in [-0.05, 0) is 60.7 Å². The smallest absolute Gasteiger partial charge is 0.300 e. The Morgan fingerprint density at radius 1 is 0.842 bits per heavy atom. The maximum atomic E-state index is 13.4. The molecule has 38 heavy (non-hydrogen) atoms. The first-order valence-corrected chi connectivity index (χ1v) is 13.0. The van der Waals surface area contributed by atoms with Crippen LogP contribution in [-0.2, 0) is 9.59 Å². The number of hydrogen-bond donors (Lipinski definition) is 1. The third kappa shape index (κ3) is 5.91. The van der Waals surface area contributed by atoms with E-state index in [-0.39, 0.29) is 11.3 Å². The summed E-state index contributed by atoms with van der Waals surface area (Å²) in [6.07, 6.45) is 0. The minimum atomic E-state index is -0.808. The molecule has 1 N–H and O–H groups in total. The lowest BCUT2D eigenvalue weighted by Crippen LogP contribution is -2.29. The molecule has 0 spiro atoms. The number of nitrogens with zero attached hydrogens (tertiary/aromatic N) is 1. The number of ether oxygens (including phenoxy) is 2. The summed E-state index contributed by atoms with van der Waals surface area (Å²) in [4.78, 5) is 28.3. The number of rotatable bonds is 9. The highest BCUT2D eigenvalue weighted by atomic mass is 16.5. The van der Waals surface area contributed by atoms with Crippen LogP contribution >= 0.6 is 0 Å². The largest absolute Gasteiger partial charge is 0.507 e. The first kappa shape index (κ1) is 27.0. The predicted molar refractivity (Wildman–Crippen MR) is 150 cm³/mol. The Bertz CT molecular complexity index is 1320. The van der Waals surface area contributed by atoms with Gasteiger partial charge in [-0.15, -0.1) is 0 Å². The second-order valence-corrected chi connectivity index (χ2v) is 10.5. The van der Waals surface area contributed by atoms with Gasteiger partial charge in [-0.1, -0.05) is 69.7 Å². The van der Waals surface area contributed by atoms with E-state index in [1.807, 2.05) is 55.5 Å². The molecule has 0 saturated carbocycles. The molecular formula is C32H35NO5. The third-order valence-electron chi connectivity index (χ3n) is 6.23. The maximum Gasteiger partial charge on any atom is 0.300 e. The molecule has 1 unspecified atom stereocenters. The fourth-order valence-corrected chi connectivity index (χ4v) is 4.28. The Morgan fingerprint density at radius 3 is 2.05 bits per heavy atom. The van der Waals surface area contributed by atoms with Gasteiger partial charge in [0.05, 0.1) is 24.8 Å². The monoisotopic (exact) mass is 513 g/mol. The molecule has 1 atom stereocenters. The fraction of sp³-hybridized carbons (Fsp3) is 0.312. The molecule has 0 aliphatic carbocycles. The molecule has 0 aromatic heterocycles. The number of carbonyl (C=O) groups is 2. The van der Waals surface area contributed by atoms with E-state index >= 15 is 0 Å². The van der Waals surface area contributed by atoms with Crippen molar-refractivity contribution in [3.63, 3.8) is 0 Å². The molecule has 1 saturated heterocycles. The molecule has 3 aromatic rings. The molecule has 1 amide bonds. The number of aliphatic hydroxyl groups excluding tert-OH is 1. The number of amides is 1. The quantitative estimate of drug-likeness (QED) is 0.196. The van der Waals surface area contributed by atoms with E-state index in [1.54, 1.807) is 24.3 Å². The van der Waals surface area contributed by atoms with Crippen molar-refractivity contribution >= 4 is 23.1 Å². The van der Waals surface area contributed by atoms with E-state index < -0.39 is 17.7 Å². The molecule has 4 rings (SSSR count). The number of carbonyl (C=O) groups excluding carboxylic acids is 2. The van der Waals surface area contributed by atoms with Gasteiger partial charge in [-0.3, -0.25) is 14.5 Å². The Morgan fingerprint density at radius 2 is 1.45 bits per heavy atom. The van der Waals surface area contributed by atoms with Gasteiger partial charge in [-0.2, -0.15) is 0 Å². The third-order valence-corrected chi connectivity index (χ3v) is 6.23. The summed E-state index contributed by atoms with van der Waals surface area (Å²) in [6, 6.07) is 20.9. The molecule has 0 radical (unpaired) electrons. The summed E-state index contributed by atoms with van der Waals surface area (Å²) in [6.45, 7) is 11.3. The Kier molecular flexibility index (Phi) is 8.20. The normalized spacial score (nSPS) is 16.9. The van der Waals surface area contributed by atoms with Gasteiger partial charge in [0, 0.05) is 11.3 Å². The van der Waals surface area contributed by atoms with Crippen LogP contribution in [0.25, 0.3) is 5.76 Å². The van der Waals surface area contributed by atoms with Crippen LogP contribution in [-0.4, -0.2) is 30.0 Å². The number of benzene rings is 3. The Hall–Kier alpha value is -4.06. The summed E-state index contributed by atoms with van der Waals surface area (Å²) in [7, 11) is 0. The first-order valence-electron chi connectivity index (χ1n) is 13.0. The highest BCUT2D eigenvalue weighted by Gasteiger charge is 2.47. The molecule has 1 fully saturated rings. The van der Waals surface area contributed by atoms with E-state index in [2.05, 4.69) is 27.7 Å². The van der Waals surface area contributed by atoms with Gasteiger partial charge in [0.1, 0.15) is 17.3 Å². The summed E-state index contributed by atoms with van der Waals surface area (Å²) in [5, 5.41) is 11.5. The molecule has 6 heteroatoms. The van der Waals surface area contributed by atoms with E-state index in [0.717, 1.165) is 5.56 Å². The summed E-state index contributed by atoms with van der Waals surface area (Å²) < 4.78 is 11.7. The van der Waals surface area contributed by atoms with Crippen LogP contribution in [0.5, 0.6) is 11.5 Å². The van der Waals surface area contributed by atoms with Crippen LogP contribution < -0.4 is 14.4 Å². The average molecular weight is 514 g/mol. The van der Waals surface area contributed by atoms with Crippen molar-refractivity contribution in [2.75, 3.05) is 18.1 Å². The zero-order valence-corrected chi connectivity index (χ0v) is 22.6. The van der Waals surface area contributed by atoms with Crippen molar-refractivity contribution < 1.29 is 24.2 Å². The van der Waals surface area contributed by atoms with Gasteiger partial charge >= 0.3 is 0 Å². The van der Waals surface area contributed by atoms with E-state index in [4.69, 9.17) is 9.47 Å². The van der Waals surface area contributed by atoms with Crippen LogP contribution in [0.2, 0.25) is 0 Å². The predicted octanol–water partition coefficient (Wildman–Crippen LogP) is 6.69. The van der Waals surface area contributed by atoms with Crippen molar-refractivity contribution in [2.24, 2.45) is 11.8 Å². The molecule has 6 nitrogen and oxygen atoms in total. The van der Waals surface area contributed by atoms with Crippen LogP contribution in [0.3, 0.4) is 0 Å². The number of aliphatic hydroxyl groups is 1. The van der Waals surface area contributed by atoms with Crippen molar-refractivity contribution in [1.82, 2.24) is 0 Å². The standard InChI is InChI=1S/C32H35NO5/c1-20(2)18-37-26-15-11-23(12-16-26)29-28(30(34)24-7-6-8-27(17-24)38-19-21(3)4)31(35)32(36)33(29)25-13-9-22(5)10-14-25/h6-17,20-21,29,34H,18-19H2,1-5H3/b30-28-. The molecule has 1 aliphatic heterocycles. The lowest BCUT2D eigenvalue weighted by molar-refractivity contribution is -0.132. The number of anilines is 1. The van der Waals surface area contributed by atoms with Crippen LogP contribution in [0.4, 0.5) is 5.69 Å². The highest BCUT2D eigenvalue weighted by molar-refractivity contribution is 6.51. The number of ketones is 1. The van der Waals surface area contributed by atoms with Crippen molar-refractivity contribution in [1.29, 1.82) is 0 Å². The van der Waals surface area contributed by atoms with Gasteiger partial charge in [0.15, 0.2) is 0 Å². The number of hydrogen-bond acceptors (Lipinski definition) is 5.